The Balaban J connectivity index is 1.54. The molecule has 128 valence electrons. The summed E-state index contributed by atoms with van der Waals surface area (Å²) < 4.78 is 10.7. The van der Waals surface area contributed by atoms with Gasteiger partial charge in [0.25, 0.3) is 5.91 Å². The number of carbonyl (C=O) groups excluding carboxylic acids is 2. The molecular weight excluding hydrogens is 308 g/mol. The van der Waals surface area contributed by atoms with Gasteiger partial charge in [-0.2, -0.15) is 0 Å². The highest BCUT2D eigenvalue weighted by Gasteiger charge is 2.10. The zero-order chi connectivity index (χ0) is 17.2. The average molecular weight is 330 g/mol. The molecule has 0 aliphatic heterocycles. The van der Waals surface area contributed by atoms with Crippen LogP contribution in [-0.4, -0.2) is 31.5 Å². The molecule has 1 atom stereocenters. The Morgan fingerprint density at radius 2 is 1.92 bits per heavy atom. The van der Waals surface area contributed by atoms with Crippen molar-refractivity contribution in [3.05, 3.63) is 60.1 Å². The molecule has 1 heterocycles. The lowest BCUT2D eigenvalue weighted by atomic mass is 10.1. The molecule has 0 spiro atoms. The van der Waals surface area contributed by atoms with Gasteiger partial charge in [-0.05, 0) is 31.0 Å². The van der Waals surface area contributed by atoms with E-state index in [2.05, 4.69) is 10.6 Å². The predicted molar refractivity (Wildman–Crippen MR) is 89.5 cm³/mol. The van der Waals surface area contributed by atoms with E-state index in [9.17, 15) is 9.59 Å². The van der Waals surface area contributed by atoms with Gasteiger partial charge in [0.2, 0.25) is 5.91 Å². The number of hydrogen-bond acceptors (Lipinski definition) is 4. The van der Waals surface area contributed by atoms with Crippen molar-refractivity contribution in [2.24, 2.45) is 0 Å². The number of hydrogen-bond donors (Lipinski definition) is 2. The third-order valence-electron chi connectivity index (χ3n) is 3.43. The highest BCUT2D eigenvalue weighted by atomic mass is 16.5. The molecule has 0 unspecified atom stereocenters. The van der Waals surface area contributed by atoms with E-state index in [1.807, 2.05) is 37.3 Å². The van der Waals surface area contributed by atoms with Crippen LogP contribution < -0.4 is 10.6 Å². The molecule has 2 aromatic rings. The number of benzene rings is 1. The first-order valence-corrected chi connectivity index (χ1v) is 7.92. The van der Waals surface area contributed by atoms with Crippen LogP contribution in [0.15, 0.2) is 53.1 Å². The second kappa shape index (κ2) is 9.52. The van der Waals surface area contributed by atoms with Gasteiger partial charge in [-0.15, -0.1) is 0 Å². The van der Waals surface area contributed by atoms with E-state index in [1.165, 1.54) is 6.26 Å². The summed E-state index contributed by atoms with van der Waals surface area (Å²) in [6.45, 7) is 2.96. The quantitative estimate of drug-likeness (QED) is 0.691. The molecule has 0 bridgehead atoms. The van der Waals surface area contributed by atoms with Gasteiger partial charge in [-0.25, -0.2) is 0 Å². The molecule has 6 heteroatoms. The largest absolute Gasteiger partial charge is 0.459 e. The second-order valence-corrected chi connectivity index (χ2v) is 5.29. The first kappa shape index (κ1) is 17.7. The summed E-state index contributed by atoms with van der Waals surface area (Å²) in [5, 5.41) is 5.22. The normalized spacial score (nSPS) is 11.7. The molecule has 0 fully saturated rings. The van der Waals surface area contributed by atoms with Gasteiger partial charge in [-0.3, -0.25) is 9.59 Å². The van der Waals surface area contributed by atoms with Crippen molar-refractivity contribution in [3.8, 4) is 0 Å². The van der Waals surface area contributed by atoms with Crippen molar-refractivity contribution >= 4 is 11.8 Å². The highest BCUT2D eigenvalue weighted by Crippen LogP contribution is 2.15. The van der Waals surface area contributed by atoms with Crippen LogP contribution in [0.1, 0.15) is 35.6 Å². The smallest absolute Gasteiger partial charge is 0.287 e. The number of amides is 2. The minimum atomic E-state index is -0.407. The Bertz CT molecular complexity index is 626. The molecule has 2 rings (SSSR count). The van der Waals surface area contributed by atoms with Crippen LogP contribution in [0.25, 0.3) is 0 Å². The maximum absolute atomic E-state index is 11.6. The van der Waals surface area contributed by atoms with Crippen molar-refractivity contribution < 1.29 is 18.7 Å². The first-order chi connectivity index (χ1) is 11.7. The van der Waals surface area contributed by atoms with Crippen LogP contribution in [0.5, 0.6) is 0 Å². The summed E-state index contributed by atoms with van der Waals surface area (Å²) in [5.41, 5.74) is 1.13. The lowest BCUT2D eigenvalue weighted by Crippen LogP contribution is -2.37. The van der Waals surface area contributed by atoms with Crippen LogP contribution in [0.4, 0.5) is 0 Å². The predicted octanol–water partition coefficient (Wildman–Crippen LogP) is 2.29. The third-order valence-corrected chi connectivity index (χ3v) is 3.43. The Morgan fingerprint density at radius 3 is 2.62 bits per heavy atom. The molecule has 2 N–H and O–H groups in total. The summed E-state index contributed by atoms with van der Waals surface area (Å²) in [7, 11) is 0. The van der Waals surface area contributed by atoms with E-state index in [0.29, 0.717) is 19.6 Å². The van der Waals surface area contributed by atoms with E-state index in [4.69, 9.17) is 9.15 Å². The SMILES string of the molecule is C[C@H](OCCCNC(=O)CNC(=O)c1ccco1)c1ccccc1. The van der Waals surface area contributed by atoms with Crippen LogP contribution in [-0.2, 0) is 9.53 Å². The minimum absolute atomic E-state index is 0.0227. The van der Waals surface area contributed by atoms with E-state index in [0.717, 1.165) is 5.56 Å². The Labute approximate surface area is 141 Å². The first-order valence-electron chi connectivity index (χ1n) is 7.92. The lowest BCUT2D eigenvalue weighted by Gasteiger charge is -2.13. The molecule has 0 saturated heterocycles. The van der Waals surface area contributed by atoms with Crippen LogP contribution in [0.3, 0.4) is 0 Å². The molecule has 2 amide bonds. The van der Waals surface area contributed by atoms with Gasteiger partial charge in [-0.1, -0.05) is 30.3 Å². The fourth-order valence-electron chi connectivity index (χ4n) is 2.10. The minimum Gasteiger partial charge on any atom is -0.459 e. The molecule has 0 radical (unpaired) electrons. The summed E-state index contributed by atoms with van der Waals surface area (Å²) in [5.74, 6) is -0.465. The van der Waals surface area contributed by atoms with Crippen molar-refractivity contribution in [2.45, 2.75) is 19.4 Å². The number of rotatable bonds is 9. The molecule has 1 aromatic heterocycles. The number of ether oxygens (including phenoxy) is 1. The average Bonchev–Trinajstić information content (AvgIpc) is 3.14. The Kier molecular flexibility index (Phi) is 7.04. The summed E-state index contributed by atoms with van der Waals surface area (Å²) in [6.07, 6.45) is 2.13. The van der Waals surface area contributed by atoms with E-state index < -0.39 is 5.91 Å². The summed E-state index contributed by atoms with van der Waals surface area (Å²) in [6, 6.07) is 13.1. The molecule has 0 saturated carbocycles. The lowest BCUT2D eigenvalue weighted by molar-refractivity contribution is -0.120. The zero-order valence-corrected chi connectivity index (χ0v) is 13.7. The summed E-state index contributed by atoms with van der Waals surface area (Å²) >= 11 is 0. The van der Waals surface area contributed by atoms with E-state index >= 15 is 0 Å². The molecule has 6 nitrogen and oxygen atoms in total. The van der Waals surface area contributed by atoms with Gasteiger partial charge < -0.3 is 19.8 Å². The molecule has 1 aromatic carbocycles. The van der Waals surface area contributed by atoms with Crippen molar-refractivity contribution in [2.75, 3.05) is 19.7 Å². The third kappa shape index (κ3) is 5.89. The number of furan rings is 1. The summed E-state index contributed by atoms with van der Waals surface area (Å²) in [4.78, 5) is 23.2. The maximum Gasteiger partial charge on any atom is 0.287 e. The van der Waals surface area contributed by atoms with Gasteiger partial charge in [0.05, 0.1) is 18.9 Å². The Morgan fingerprint density at radius 1 is 1.12 bits per heavy atom. The van der Waals surface area contributed by atoms with Crippen molar-refractivity contribution in [1.82, 2.24) is 10.6 Å². The fraction of sp³-hybridized carbons (Fsp3) is 0.333. The van der Waals surface area contributed by atoms with E-state index in [1.54, 1.807) is 12.1 Å². The highest BCUT2D eigenvalue weighted by molar-refractivity contribution is 5.94. The Hall–Kier alpha value is -2.60. The fourth-order valence-corrected chi connectivity index (χ4v) is 2.10. The van der Waals surface area contributed by atoms with Gasteiger partial charge in [0.1, 0.15) is 0 Å². The van der Waals surface area contributed by atoms with Crippen LogP contribution in [0, 0.1) is 0 Å². The van der Waals surface area contributed by atoms with Crippen LogP contribution in [0.2, 0.25) is 0 Å². The molecule has 0 aliphatic carbocycles. The molecular formula is C18H22N2O4. The second-order valence-electron chi connectivity index (χ2n) is 5.29. The van der Waals surface area contributed by atoms with Gasteiger partial charge in [0, 0.05) is 13.2 Å². The standard InChI is InChI=1S/C18H22N2O4/c1-14(15-7-3-2-4-8-15)23-12-6-10-19-17(21)13-20-18(22)16-9-5-11-24-16/h2-5,7-9,11,14H,6,10,12-13H2,1H3,(H,19,21)(H,20,22)/t14-/m0/s1. The monoisotopic (exact) mass is 330 g/mol. The zero-order valence-electron chi connectivity index (χ0n) is 13.7. The molecule has 0 aliphatic rings. The van der Waals surface area contributed by atoms with Crippen molar-refractivity contribution in [3.63, 3.8) is 0 Å². The number of carbonyl (C=O) groups is 2. The molecule has 24 heavy (non-hydrogen) atoms. The number of nitrogens with one attached hydrogen (secondary N) is 2. The topological polar surface area (TPSA) is 80.6 Å². The van der Waals surface area contributed by atoms with E-state index in [-0.39, 0.29) is 24.3 Å². The van der Waals surface area contributed by atoms with Crippen LogP contribution >= 0.6 is 0 Å². The van der Waals surface area contributed by atoms with Gasteiger partial charge >= 0.3 is 0 Å². The van der Waals surface area contributed by atoms with Gasteiger partial charge in [0.15, 0.2) is 5.76 Å². The van der Waals surface area contributed by atoms with Crippen molar-refractivity contribution in [1.29, 1.82) is 0 Å². The maximum atomic E-state index is 11.6.